The molecular weight excluding hydrogens is 479 g/mol. The van der Waals surface area contributed by atoms with Gasteiger partial charge in [0.2, 0.25) is 5.91 Å². The third-order valence-corrected chi connectivity index (χ3v) is 5.78. The second kappa shape index (κ2) is 11.6. The lowest BCUT2D eigenvalue weighted by molar-refractivity contribution is -0.134. The molecule has 0 aromatic heterocycles. The number of hydrogen-bond donors (Lipinski definition) is 2. The van der Waals surface area contributed by atoms with E-state index in [4.69, 9.17) is 9.73 Å². The average molecular weight is 514 g/mol. The van der Waals surface area contributed by atoms with Crippen molar-refractivity contribution in [1.29, 1.82) is 0 Å². The summed E-state index contributed by atoms with van der Waals surface area (Å²) in [6, 6.07) is 6.45. The van der Waals surface area contributed by atoms with Gasteiger partial charge in [-0.1, -0.05) is 25.0 Å². The second-order valence-electron chi connectivity index (χ2n) is 7.89. The fraction of sp³-hybridized carbons (Fsp3) is 0.636. The van der Waals surface area contributed by atoms with Gasteiger partial charge in [0, 0.05) is 31.6 Å². The lowest BCUT2D eigenvalue weighted by Crippen LogP contribution is -2.45. The topological polar surface area (TPSA) is 66.0 Å². The highest BCUT2D eigenvalue weighted by Gasteiger charge is 2.32. The molecule has 0 bridgehead atoms. The van der Waals surface area contributed by atoms with Crippen LogP contribution in [-0.2, 0) is 11.3 Å². The molecule has 6 nitrogen and oxygen atoms in total. The molecule has 7 heteroatoms. The SMILES string of the molecule is CCNC(=NCc1ccc(C)c(OC)c1)NC1CCN(C(=O)C2CCCC2)C1.I. The second-order valence-corrected chi connectivity index (χ2v) is 7.89. The van der Waals surface area contributed by atoms with Gasteiger partial charge in [-0.25, -0.2) is 4.99 Å². The predicted octanol–water partition coefficient (Wildman–Crippen LogP) is 3.47. The number of likely N-dealkylation sites (tertiary alicyclic amines) is 1. The number of carbonyl (C=O) groups excluding carboxylic acids is 1. The van der Waals surface area contributed by atoms with E-state index in [1.54, 1.807) is 7.11 Å². The van der Waals surface area contributed by atoms with E-state index in [1.807, 2.05) is 17.9 Å². The first kappa shape index (κ1) is 23.8. The van der Waals surface area contributed by atoms with Crippen molar-refractivity contribution in [3.05, 3.63) is 29.3 Å². The number of nitrogens with zero attached hydrogens (tertiary/aromatic N) is 2. The summed E-state index contributed by atoms with van der Waals surface area (Å²) < 4.78 is 5.41. The van der Waals surface area contributed by atoms with Gasteiger partial charge in [-0.15, -0.1) is 24.0 Å². The summed E-state index contributed by atoms with van der Waals surface area (Å²) in [5, 5.41) is 6.84. The van der Waals surface area contributed by atoms with Crippen LogP contribution in [-0.4, -0.2) is 49.6 Å². The molecule has 29 heavy (non-hydrogen) atoms. The Labute approximate surface area is 191 Å². The molecule has 1 atom stereocenters. The Morgan fingerprint density at radius 3 is 2.72 bits per heavy atom. The summed E-state index contributed by atoms with van der Waals surface area (Å²) in [5.41, 5.74) is 2.24. The largest absolute Gasteiger partial charge is 0.496 e. The first-order valence-electron chi connectivity index (χ1n) is 10.6. The highest BCUT2D eigenvalue weighted by atomic mass is 127. The smallest absolute Gasteiger partial charge is 0.225 e. The van der Waals surface area contributed by atoms with Crippen molar-refractivity contribution in [3.63, 3.8) is 0 Å². The van der Waals surface area contributed by atoms with E-state index in [0.717, 1.165) is 61.7 Å². The van der Waals surface area contributed by atoms with Crippen molar-refractivity contribution in [1.82, 2.24) is 15.5 Å². The van der Waals surface area contributed by atoms with Crippen molar-refractivity contribution >= 4 is 35.8 Å². The van der Waals surface area contributed by atoms with Gasteiger partial charge in [0.05, 0.1) is 13.7 Å². The van der Waals surface area contributed by atoms with Crippen LogP contribution in [0, 0.1) is 12.8 Å². The van der Waals surface area contributed by atoms with Crippen molar-refractivity contribution in [2.75, 3.05) is 26.7 Å². The van der Waals surface area contributed by atoms with E-state index in [2.05, 4.69) is 29.7 Å². The van der Waals surface area contributed by atoms with E-state index in [0.29, 0.717) is 12.5 Å². The number of hydrogen-bond acceptors (Lipinski definition) is 3. The molecule has 1 aromatic rings. The maximum atomic E-state index is 12.6. The average Bonchev–Trinajstić information content (AvgIpc) is 3.39. The Balaban J connectivity index is 0.00000300. The third kappa shape index (κ3) is 6.49. The number of nitrogens with one attached hydrogen (secondary N) is 2. The number of carbonyl (C=O) groups is 1. The number of amides is 1. The highest BCUT2D eigenvalue weighted by molar-refractivity contribution is 14.0. The zero-order chi connectivity index (χ0) is 19.9. The maximum absolute atomic E-state index is 12.6. The van der Waals surface area contributed by atoms with Gasteiger partial charge in [-0.3, -0.25) is 4.79 Å². The Kier molecular flexibility index (Phi) is 9.52. The quantitative estimate of drug-likeness (QED) is 0.347. The van der Waals surface area contributed by atoms with E-state index in [1.165, 1.54) is 12.8 Å². The van der Waals surface area contributed by atoms with Crippen LogP contribution in [0.5, 0.6) is 5.75 Å². The minimum atomic E-state index is 0. The van der Waals surface area contributed by atoms with E-state index < -0.39 is 0 Å². The van der Waals surface area contributed by atoms with Gasteiger partial charge >= 0.3 is 0 Å². The molecular formula is C22H35IN4O2. The summed E-state index contributed by atoms with van der Waals surface area (Å²) in [4.78, 5) is 19.4. The number of rotatable bonds is 6. The molecule has 1 heterocycles. The number of aliphatic imine (C=N–C) groups is 1. The minimum absolute atomic E-state index is 0. The molecule has 0 spiro atoms. The van der Waals surface area contributed by atoms with Gasteiger partial charge in [-0.05, 0) is 50.3 Å². The summed E-state index contributed by atoms with van der Waals surface area (Å²) in [6.45, 7) is 7.12. The molecule has 1 amide bonds. The van der Waals surface area contributed by atoms with Crippen LogP contribution in [0.1, 0.15) is 50.2 Å². The molecule has 1 aromatic carbocycles. The van der Waals surface area contributed by atoms with E-state index in [9.17, 15) is 4.79 Å². The monoisotopic (exact) mass is 514 g/mol. The van der Waals surface area contributed by atoms with Gasteiger partial charge < -0.3 is 20.3 Å². The lowest BCUT2D eigenvalue weighted by Gasteiger charge is -2.21. The van der Waals surface area contributed by atoms with Gasteiger partial charge in [0.1, 0.15) is 5.75 Å². The number of aryl methyl sites for hydroxylation is 1. The Morgan fingerprint density at radius 1 is 1.28 bits per heavy atom. The number of ether oxygens (including phenoxy) is 1. The van der Waals surface area contributed by atoms with Crippen molar-refractivity contribution in [2.24, 2.45) is 10.9 Å². The van der Waals surface area contributed by atoms with Crippen LogP contribution in [0.3, 0.4) is 0 Å². The number of benzene rings is 1. The summed E-state index contributed by atoms with van der Waals surface area (Å²) in [6.07, 6.45) is 5.51. The Hall–Kier alpha value is -1.51. The van der Waals surface area contributed by atoms with Crippen LogP contribution < -0.4 is 15.4 Å². The Morgan fingerprint density at radius 2 is 2.03 bits per heavy atom. The van der Waals surface area contributed by atoms with Crippen molar-refractivity contribution in [2.45, 2.75) is 58.5 Å². The normalized spacial score (nSPS) is 19.8. The number of halogens is 1. The van der Waals surface area contributed by atoms with Crippen molar-refractivity contribution < 1.29 is 9.53 Å². The molecule has 1 saturated heterocycles. The maximum Gasteiger partial charge on any atom is 0.225 e. The molecule has 1 aliphatic heterocycles. The summed E-state index contributed by atoms with van der Waals surface area (Å²) >= 11 is 0. The van der Waals surface area contributed by atoms with Crippen molar-refractivity contribution in [3.8, 4) is 5.75 Å². The van der Waals surface area contributed by atoms with Crippen LogP contribution in [0.4, 0.5) is 0 Å². The zero-order valence-electron chi connectivity index (χ0n) is 17.9. The molecule has 1 saturated carbocycles. The zero-order valence-corrected chi connectivity index (χ0v) is 20.2. The third-order valence-electron chi connectivity index (χ3n) is 5.78. The van der Waals surface area contributed by atoms with Crippen LogP contribution in [0.2, 0.25) is 0 Å². The summed E-state index contributed by atoms with van der Waals surface area (Å²) in [5.74, 6) is 2.32. The number of guanidine groups is 1. The molecule has 0 radical (unpaired) electrons. The predicted molar refractivity (Wildman–Crippen MR) is 128 cm³/mol. The fourth-order valence-corrected chi connectivity index (χ4v) is 4.16. The standard InChI is InChI=1S/C22H34N4O2.HI/c1-4-23-22(24-14-17-10-9-16(2)20(13-17)28-3)25-19-11-12-26(15-19)21(27)18-7-5-6-8-18;/h9-10,13,18-19H,4-8,11-12,14-15H2,1-3H3,(H2,23,24,25);1H. The number of methoxy groups -OCH3 is 1. The van der Waals surface area contributed by atoms with Crippen LogP contribution in [0.25, 0.3) is 0 Å². The molecule has 2 N–H and O–H groups in total. The minimum Gasteiger partial charge on any atom is -0.496 e. The highest BCUT2D eigenvalue weighted by Crippen LogP contribution is 2.27. The molecule has 1 unspecified atom stereocenters. The lowest BCUT2D eigenvalue weighted by atomic mass is 10.1. The first-order chi connectivity index (χ1) is 13.6. The Bertz CT molecular complexity index is 704. The van der Waals surface area contributed by atoms with Gasteiger partial charge in [0.25, 0.3) is 0 Å². The van der Waals surface area contributed by atoms with Crippen LogP contribution >= 0.6 is 24.0 Å². The molecule has 2 aliphatic rings. The van der Waals surface area contributed by atoms with Crippen LogP contribution in [0.15, 0.2) is 23.2 Å². The van der Waals surface area contributed by atoms with E-state index in [-0.39, 0.29) is 35.9 Å². The van der Waals surface area contributed by atoms with Gasteiger partial charge in [0.15, 0.2) is 5.96 Å². The summed E-state index contributed by atoms with van der Waals surface area (Å²) in [7, 11) is 1.69. The molecule has 162 valence electrons. The molecule has 1 aliphatic carbocycles. The molecule has 3 rings (SSSR count). The van der Waals surface area contributed by atoms with Gasteiger partial charge in [-0.2, -0.15) is 0 Å². The first-order valence-corrected chi connectivity index (χ1v) is 10.6. The van der Waals surface area contributed by atoms with E-state index >= 15 is 0 Å². The fourth-order valence-electron chi connectivity index (χ4n) is 4.16. The molecule has 2 fully saturated rings.